The van der Waals surface area contributed by atoms with E-state index in [1.54, 1.807) is 0 Å². The maximum Gasteiger partial charge on any atom is 0.119 e. The Bertz CT molecular complexity index is 928. The molecule has 0 amide bonds. The van der Waals surface area contributed by atoms with Crippen LogP contribution in [0.1, 0.15) is 108 Å². The zero-order chi connectivity index (χ0) is 33.5. The molecule has 0 saturated carbocycles. The smallest absolute Gasteiger partial charge is 0.119 e. The summed E-state index contributed by atoms with van der Waals surface area (Å²) in [6, 6.07) is -8.60. The van der Waals surface area contributed by atoms with E-state index in [0.717, 1.165) is 12.8 Å². The Kier molecular flexibility index (Phi) is 3.85. The largest absolute Gasteiger partial charge is 0.395 e. The van der Waals surface area contributed by atoms with Crippen molar-refractivity contribution in [1.29, 1.82) is 0 Å². The Labute approximate surface area is 159 Å². The third-order valence-electron chi connectivity index (χ3n) is 2.32. The third-order valence-corrected chi connectivity index (χ3v) is 2.32. The Balaban J connectivity index is 6.89. The highest BCUT2D eigenvalue weighted by molar-refractivity contribution is 4.93. The normalized spacial score (nSPS) is 37.5. The fourth-order valence-corrected chi connectivity index (χ4v) is 1.25. The van der Waals surface area contributed by atoms with Gasteiger partial charge in [0, 0.05) is 16.4 Å². The van der Waals surface area contributed by atoms with E-state index in [4.69, 9.17) is 27.5 Å². The van der Waals surface area contributed by atoms with E-state index in [0.29, 0.717) is 12.8 Å². The van der Waals surface area contributed by atoms with Crippen molar-refractivity contribution in [2.75, 3.05) is 6.56 Å². The maximum atomic E-state index is 10.4. The first-order valence-corrected chi connectivity index (χ1v) is 6.73. The molecule has 21 heavy (non-hydrogen) atoms. The van der Waals surface area contributed by atoms with Crippen LogP contribution in [0.25, 0.3) is 0 Å². The molecule has 0 aromatic carbocycles. The van der Waals surface area contributed by atoms with Gasteiger partial charge in [0.05, 0.1) is 26.9 Å². The summed E-state index contributed by atoms with van der Waals surface area (Å²) in [5.41, 5.74) is -1.07. The van der Waals surface area contributed by atoms with Gasteiger partial charge in [0.15, 0.2) is 0 Å². The van der Waals surface area contributed by atoms with Crippen molar-refractivity contribution in [2.24, 2.45) is 5.72 Å². The molecule has 0 bridgehead atoms. The van der Waals surface area contributed by atoms with Crippen molar-refractivity contribution < 1.29 is 37.7 Å². The molecule has 0 fully saturated rings. The van der Waals surface area contributed by atoms with Crippen molar-refractivity contribution in [1.82, 2.24) is 0 Å². The van der Waals surface area contributed by atoms with E-state index >= 15 is 0 Å². The van der Waals surface area contributed by atoms with Gasteiger partial charge in [0.2, 0.25) is 0 Å². The minimum absolute atomic E-state index is 0.0689. The Morgan fingerprint density at radius 3 is 2.52 bits per heavy atom. The second-order valence-corrected chi connectivity index (χ2v) is 4.03. The summed E-state index contributed by atoms with van der Waals surface area (Å²) in [5, 5.41) is 20.0. The van der Waals surface area contributed by atoms with Crippen LogP contribution in [0.3, 0.4) is 0 Å². The third kappa shape index (κ3) is 14.3. The van der Waals surface area contributed by atoms with Gasteiger partial charge in [-0.1, -0.05) is 83.0 Å². The van der Waals surface area contributed by atoms with Crippen molar-refractivity contribution in [3.63, 3.8) is 0 Å². The highest BCUT2D eigenvalue weighted by Gasteiger charge is 2.08. The summed E-state index contributed by atoms with van der Waals surface area (Å²) in [6.45, 7) is -2.25. The molecule has 0 rings (SSSR count). The molecule has 0 aromatic heterocycles. The molecular weight excluding hydrogens is 262 g/mol. The monoisotopic (exact) mass is 319 g/mol. The number of allylic oxidation sites excluding steroid dienone is 1. The quantitative estimate of drug-likeness (QED) is 0.298. The molecule has 4 N–H and O–H groups in total. The van der Waals surface area contributed by atoms with Crippen molar-refractivity contribution in [3.8, 4) is 0 Å². The standard InChI is InChI=1S/C18H37NO2/c1-2-3-4-5-6-7-8-9-10-11-12-13-14-15-18(21)17(19)16-20/h14-15,17-18,20-21H,2-13,16,19H2,1H3/b15-14+/t17-,18+/m0/s1/i8D2,9D2,10D2,11D2,12D2,13D2,14D,15D,16D2,17D,18D/hD2. The van der Waals surface area contributed by atoms with Crippen LogP contribution in [-0.2, 0) is 0 Å². The number of hydrogen-bond donors (Lipinski definition) is 3. The van der Waals surface area contributed by atoms with Crippen LogP contribution >= 0.6 is 0 Å². The van der Waals surface area contributed by atoms with Gasteiger partial charge < -0.3 is 15.9 Å². The molecule has 0 heterocycles. The summed E-state index contributed by atoms with van der Waals surface area (Å²) in [7, 11) is 0. The summed E-state index contributed by atoms with van der Waals surface area (Å²) >= 11 is 0. The second kappa shape index (κ2) is 16.0. The molecule has 126 valence electrons. The molecule has 0 unspecified atom stereocenters. The van der Waals surface area contributed by atoms with Crippen LogP contribution in [0.2, 0.25) is 2.82 Å². The molecule has 0 saturated heterocycles. The molecule has 0 aliphatic rings. The zero-order valence-electron chi connectivity index (χ0n) is 32.1. The van der Waals surface area contributed by atoms with E-state index in [-0.39, 0.29) is 6.42 Å². The highest BCUT2D eigenvalue weighted by Crippen LogP contribution is 2.12. The van der Waals surface area contributed by atoms with Crippen molar-refractivity contribution in [2.45, 2.75) is 95.8 Å². The minimum atomic E-state index is -4.39. The average molecular weight is 320 g/mol. The SMILES string of the molecule is [2H]/C(=C(/[2H])[C@@]([2H])(O)[C@@]([2H])(N([2H])[2H])C([2H])([2H])O)C([2H])([2H])C([2H])([2H])C([2H])([2H])C([2H])([2H])C([2H])([2H])C([2H])([2H])CCCCCCC. The van der Waals surface area contributed by atoms with E-state index in [2.05, 4.69) is 0 Å². The average Bonchev–Trinajstić information content (AvgIpc) is 2.80. The minimum Gasteiger partial charge on any atom is -0.395 e. The molecule has 3 heteroatoms. The van der Waals surface area contributed by atoms with Crippen molar-refractivity contribution in [3.05, 3.63) is 12.1 Å². The summed E-state index contributed by atoms with van der Waals surface area (Å²) < 4.78 is 158. The van der Waals surface area contributed by atoms with E-state index < -0.39 is 81.1 Å². The number of rotatable bonds is 16. The second-order valence-electron chi connectivity index (χ2n) is 4.03. The van der Waals surface area contributed by atoms with E-state index in [1.165, 1.54) is 0 Å². The van der Waals surface area contributed by atoms with Crippen LogP contribution in [0.4, 0.5) is 0 Å². The number of aliphatic hydroxyl groups is 2. The van der Waals surface area contributed by atoms with Gasteiger partial charge in [-0.25, -0.2) is 0 Å². The van der Waals surface area contributed by atoms with Gasteiger partial charge in [0.1, 0.15) is 2.82 Å². The van der Waals surface area contributed by atoms with Gasteiger partial charge in [0.25, 0.3) is 0 Å². The number of unbranched alkanes of at least 4 members (excludes halogenated alkanes) is 4. The first-order chi connectivity index (χ1) is 17.8. The van der Waals surface area contributed by atoms with Crippen molar-refractivity contribution >= 4 is 0 Å². The van der Waals surface area contributed by atoms with E-state index in [9.17, 15) is 10.2 Å². The lowest BCUT2D eigenvalue weighted by molar-refractivity contribution is 0.144. The summed E-state index contributed by atoms with van der Waals surface area (Å²) in [5.74, 6) is 0. The molecular formula is C18H37NO2. The van der Waals surface area contributed by atoms with Gasteiger partial charge in [-0.15, -0.1) is 0 Å². The molecule has 0 aliphatic heterocycles. The lowest BCUT2D eigenvalue weighted by atomic mass is 10.0. The van der Waals surface area contributed by atoms with Gasteiger partial charge >= 0.3 is 0 Å². The number of nitrogens with two attached hydrogens (primary N) is 1. The molecule has 2 atom stereocenters. The topological polar surface area (TPSA) is 66.5 Å². The highest BCUT2D eigenvalue weighted by atomic mass is 16.3. The van der Waals surface area contributed by atoms with Gasteiger partial charge in [-0.2, -0.15) is 0 Å². The zero-order valence-corrected chi connectivity index (χ0v) is 12.1. The Morgan fingerprint density at radius 1 is 1.14 bits per heavy atom. The molecule has 0 radical (unpaired) electrons. The molecule has 0 aromatic rings. The Morgan fingerprint density at radius 2 is 1.81 bits per heavy atom. The predicted molar refractivity (Wildman–Crippen MR) is 91.3 cm³/mol. The number of hydrogen-bond acceptors (Lipinski definition) is 3. The van der Waals surface area contributed by atoms with Crippen LogP contribution < -0.4 is 5.72 Å². The van der Waals surface area contributed by atoms with Crippen LogP contribution in [0.5, 0.6) is 0 Å². The lowest BCUT2D eigenvalue weighted by Gasteiger charge is -2.11. The fourth-order valence-electron chi connectivity index (χ4n) is 1.25. The first-order valence-electron chi connectivity index (χ1n) is 16.6. The van der Waals surface area contributed by atoms with Crippen LogP contribution in [-0.4, -0.2) is 28.9 Å². The van der Waals surface area contributed by atoms with Gasteiger partial charge in [-0.05, 0) is 12.7 Å². The molecule has 0 aliphatic carbocycles. The van der Waals surface area contributed by atoms with E-state index in [1.807, 2.05) is 6.92 Å². The van der Waals surface area contributed by atoms with Crippen LogP contribution in [0.15, 0.2) is 12.1 Å². The predicted octanol–water partition coefficient (Wildman–Crippen LogP) is 3.92. The first kappa shape index (κ1) is 5.06. The Hall–Kier alpha value is -0.380. The summed E-state index contributed by atoms with van der Waals surface area (Å²) in [4.78, 5) is 0. The van der Waals surface area contributed by atoms with Gasteiger partial charge in [-0.3, -0.25) is 0 Å². The summed E-state index contributed by atoms with van der Waals surface area (Å²) in [6.07, 6.45) is -26.3. The molecule has 3 nitrogen and oxygen atoms in total. The molecule has 0 spiro atoms. The maximum absolute atomic E-state index is 10.4. The lowest BCUT2D eigenvalue weighted by Crippen LogP contribution is -2.36. The van der Waals surface area contributed by atoms with Crippen LogP contribution in [0, 0.1) is 0 Å². The fraction of sp³-hybridized carbons (Fsp3) is 0.889.